The predicted octanol–water partition coefficient (Wildman–Crippen LogP) is 3.95. The van der Waals surface area contributed by atoms with E-state index in [-0.39, 0.29) is 0 Å². The average molecular weight is 215 g/mol. The quantitative estimate of drug-likeness (QED) is 0.672. The third-order valence-electron chi connectivity index (χ3n) is 2.74. The number of rotatable bonds is 5. The van der Waals surface area contributed by atoms with Crippen LogP contribution in [-0.2, 0) is 0 Å². The van der Waals surface area contributed by atoms with E-state index in [2.05, 4.69) is 62.7 Å². The lowest BCUT2D eigenvalue weighted by atomic mass is 10.2. The smallest absolute Gasteiger partial charge is 0.0369 e. The van der Waals surface area contributed by atoms with Crippen LogP contribution in [0.3, 0.4) is 0 Å². The first-order valence-corrected chi connectivity index (χ1v) is 5.76. The fraction of sp³-hybridized carbons (Fsp3) is 0.333. The van der Waals surface area contributed by atoms with Crippen molar-refractivity contribution in [3.05, 3.63) is 54.1 Å². The summed E-state index contributed by atoms with van der Waals surface area (Å²) in [6, 6.07) is 8.56. The van der Waals surface area contributed by atoms with E-state index in [9.17, 15) is 0 Å². The van der Waals surface area contributed by atoms with E-state index >= 15 is 0 Å². The van der Waals surface area contributed by atoms with Gasteiger partial charge in [0.15, 0.2) is 0 Å². The lowest BCUT2D eigenvalue weighted by molar-refractivity contribution is 1.01. The summed E-state index contributed by atoms with van der Waals surface area (Å²) in [7, 11) is 2.11. The molecule has 1 heteroatoms. The first-order chi connectivity index (χ1) is 7.67. The number of benzene rings is 1. The Morgan fingerprint density at radius 3 is 2.75 bits per heavy atom. The Bertz CT molecular complexity index is 377. The SMILES string of the molecule is C=C/C(=C\CN(C)c1cccc(C)c1)CC. The number of aryl methyl sites for hydroxylation is 1. The minimum absolute atomic E-state index is 0.929. The molecular weight excluding hydrogens is 194 g/mol. The average Bonchev–Trinajstić information content (AvgIpc) is 2.30. The van der Waals surface area contributed by atoms with E-state index in [0.717, 1.165) is 13.0 Å². The Hall–Kier alpha value is -1.50. The molecule has 0 N–H and O–H groups in total. The number of likely N-dealkylation sites (N-methyl/N-ethyl adjacent to an activating group) is 1. The van der Waals surface area contributed by atoms with Gasteiger partial charge in [-0.15, -0.1) is 0 Å². The second kappa shape index (κ2) is 6.16. The van der Waals surface area contributed by atoms with Crippen molar-refractivity contribution in [1.29, 1.82) is 0 Å². The summed E-state index contributed by atoms with van der Waals surface area (Å²) in [4.78, 5) is 2.24. The maximum absolute atomic E-state index is 3.81. The molecule has 0 heterocycles. The summed E-state index contributed by atoms with van der Waals surface area (Å²) in [5, 5.41) is 0. The van der Waals surface area contributed by atoms with E-state index in [1.165, 1.54) is 16.8 Å². The minimum atomic E-state index is 0.929. The molecule has 0 bridgehead atoms. The van der Waals surface area contributed by atoms with E-state index in [4.69, 9.17) is 0 Å². The Morgan fingerprint density at radius 1 is 1.44 bits per heavy atom. The van der Waals surface area contributed by atoms with Gasteiger partial charge in [-0.2, -0.15) is 0 Å². The molecule has 0 aliphatic heterocycles. The summed E-state index contributed by atoms with van der Waals surface area (Å²) in [5.74, 6) is 0. The van der Waals surface area contributed by atoms with Crippen molar-refractivity contribution in [1.82, 2.24) is 0 Å². The van der Waals surface area contributed by atoms with Crippen molar-refractivity contribution in [2.45, 2.75) is 20.3 Å². The van der Waals surface area contributed by atoms with Crippen molar-refractivity contribution in [2.75, 3.05) is 18.5 Å². The van der Waals surface area contributed by atoms with Gasteiger partial charge in [0.1, 0.15) is 0 Å². The molecule has 0 atom stereocenters. The summed E-state index contributed by atoms with van der Waals surface area (Å²) >= 11 is 0. The predicted molar refractivity (Wildman–Crippen MR) is 73.0 cm³/mol. The third kappa shape index (κ3) is 3.58. The van der Waals surface area contributed by atoms with Gasteiger partial charge in [0.2, 0.25) is 0 Å². The van der Waals surface area contributed by atoms with Crippen molar-refractivity contribution >= 4 is 5.69 Å². The van der Waals surface area contributed by atoms with Crippen molar-refractivity contribution in [2.24, 2.45) is 0 Å². The molecule has 86 valence electrons. The van der Waals surface area contributed by atoms with E-state index in [1.54, 1.807) is 0 Å². The molecule has 1 rings (SSSR count). The highest BCUT2D eigenvalue weighted by Gasteiger charge is 1.98. The van der Waals surface area contributed by atoms with Gasteiger partial charge in [0.05, 0.1) is 0 Å². The molecule has 1 aromatic rings. The van der Waals surface area contributed by atoms with Gasteiger partial charge in [0, 0.05) is 19.3 Å². The van der Waals surface area contributed by atoms with E-state index < -0.39 is 0 Å². The Balaban J connectivity index is 2.69. The molecule has 0 saturated carbocycles. The van der Waals surface area contributed by atoms with Crippen LogP contribution in [0.4, 0.5) is 5.69 Å². The molecule has 0 unspecified atom stereocenters. The Labute approximate surface area is 99.1 Å². The molecule has 0 amide bonds. The first-order valence-electron chi connectivity index (χ1n) is 5.76. The largest absolute Gasteiger partial charge is 0.371 e. The van der Waals surface area contributed by atoms with Crippen LogP contribution in [0.25, 0.3) is 0 Å². The molecular formula is C15H21N. The molecule has 0 spiro atoms. The van der Waals surface area contributed by atoms with Gasteiger partial charge < -0.3 is 4.90 Å². The molecule has 0 fully saturated rings. The van der Waals surface area contributed by atoms with Gasteiger partial charge >= 0.3 is 0 Å². The zero-order valence-electron chi connectivity index (χ0n) is 10.5. The lowest BCUT2D eigenvalue weighted by Gasteiger charge is -2.18. The van der Waals surface area contributed by atoms with Crippen molar-refractivity contribution in [3.8, 4) is 0 Å². The fourth-order valence-corrected chi connectivity index (χ4v) is 1.60. The highest BCUT2D eigenvalue weighted by Crippen LogP contribution is 2.14. The molecule has 0 aromatic heterocycles. The number of anilines is 1. The fourth-order valence-electron chi connectivity index (χ4n) is 1.60. The standard InChI is InChI=1S/C15H21N/c1-5-14(6-2)10-11-16(4)15-9-7-8-13(3)12-15/h5,7-10,12H,1,6,11H2,2-4H3/b14-10+. The summed E-state index contributed by atoms with van der Waals surface area (Å²) < 4.78 is 0. The Morgan fingerprint density at radius 2 is 2.19 bits per heavy atom. The molecule has 1 nitrogen and oxygen atoms in total. The van der Waals surface area contributed by atoms with E-state index in [1.807, 2.05) is 6.08 Å². The van der Waals surface area contributed by atoms with Crippen molar-refractivity contribution < 1.29 is 0 Å². The van der Waals surface area contributed by atoms with Crippen molar-refractivity contribution in [3.63, 3.8) is 0 Å². The molecule has 0 radical (unpaired) electrons. The summed E-state index contributed by atoms with van der Waals surface area (Å²) in [6.07, 6.45) is 5.21. The van der Waals surface area contributed by atoms with Crippen LogP contribution in [0, 0.1) is 6.92 Å². The van der Waals surface area contributed by atoms with Gasteiger partial charge in [-0.25, -0.2) is 0 Å². The first kappa shape index (κ1) is 12.6. The summed E-state index contributed by atoms with van der Waals surface area (Å²) in [5.41, 5.74) is 3.86. The maximum Gasteiger partial charge on any atom is 0.0369 e. The van der Waals surface area contributed by atoms with Gasteiger partial charge in [-0.05, 0) is 31.0 Å². The topological polar surface area (TPSA) is 3.24 Å². The minimum Gasteiger partial charge on any atom is -0.371 e. The third-order valence-corrected chi connectivity index (χ3v) is 2.74. The molecule has 0 aliphatic rings. The number of hydrogen-bond donors (Lipinski definition) is 0. The zero-order valence-corrected chi connectivity index (χ0v) is 10.5. The van der Waals surface area contributed by atoms with Crippen LogP contribution in [0.2, 0.25) is 0 Å². The summed E-state index contributed by atoms with van der Waals surface area (Å²) in [6.45, 7) is 9.01. The monoisotopic (exact) mass is 215 g/mol. The Kier molecular flexibility index (Phi) is 4.84. The molecule has 16 heavy (non-hydrogen) atoms. The van der Waals surface area contributed by atoms with Crippen LogP contribution in [-0.4, -0.2) is 13.6 Å². The molecule has 0 saturated heterocycles. The zero-order chi connectivity index (χ0) is 12.0. The van der Waals surface area contributed by atoms with Crippen LogP contribution in [0.5, 0.6) is 0 Å². The molecule has 0 aliphatic carbocycles. The van der Waals surface area contributed by atoms with Gasteiger partial charge in [-0.1, -0.05) is 43.4 Å². The van der Waals surface area contributed by atoms with Gasteiger partial charge in [0.25, 0.3) is 0 Å². The lowest BCUT2D eigenvalue weighted by Crippen LogP contribution is -2.17. The highest BCUT2D eigenvalue weighted by atomic mass is 15.1. The van der Waals surface area contributed by atoms with Crippen LogP contribution in [0.1, 0.15) is 18.9 Å². The molecule has 1 aromatic carbocycles. The number of nitrogens with zero attached hydrogens (tertiary/aromatic N) is 1. The number of hydrogen-bond acceptors (Lipinski definition) is 1. The maximum atomic E-state index is 3.81. The number of allylic oxidation sites excluding steroid dienone is 2. The van der Waals surface area contributed by atoms with Crippen LogP contribution >= 0.6 is 0 Å². The second-order valence-corrected chi connectivity index (χ2v) is 4.06. The normalized spacial score (nSPS) is 11.3. The second-order valence-electron chi connectivity index (χ2n) is 4.06. The van der Waals surface area contributed by atoms with Gasteiger partial charge in [-0.3, -0.25) is 0 Å². The van der Waals surface area contributed by atoms with Crippen LogP contribution < -0.4 is 4.90 Å². The van der Waals surface area contributed by atoms with E-state index in [0.29, 0.717) is 0 Å². The highest BCUT2D eigenvalue weighted by molar-refractivity contribution is 5.48. The van der Waals surface area contributed by atoms with Crippen LogP contribution in [0.15, 0.2) is 48.6 Å².